The number of nitrogens with one attached hydrogen (secondary N) is 1. The van der Waals surface area contributed by atoms with Crippen molar-refractivity contribution in [2.24, 2.45) is 0 Å². The molecule has 3 atom stereocenters. The largest absolute Gasteiger partial charge is 0.758 e. The predicted octanol–water partition coefficient (Wildman–Crippen LogP) is 6.74. The number of methoxy groups -OCH3 is 2. The number of hydrazine groups is 1. The van der Waals surface area contributed by atoms with Gasteiger partial charge in [0.1, 0.15) is 22.8 Å². The number of ether oxygens (including phenoxy) is 6. The molecule has 0 spiro atoms. The van der Waals surface area contributed by atoms with Crippen LogP contribution in [0.2, 0.25) is 0 Å². The summed E-state index contributed by atoms with van der Waals surface area (Å²) in [5.41, 5.74) is 3.73. The molecule has 0 aliphatic carbocycles. The lowest BCUT2D eigenvalue weighted by atomic mass is 9.66. The third-order valence-corrected chi connectivity index (χ3v) is 8.64. The average Bonchev–Trinajstić information content (AvgIpc) is 3.01. The number of hydrogen-bond donors (Lipinski definition) is 1. The molecule has 0 saturated heterocycles. The topological polar surface area (TPSA) is 128 Å². The minimum atomic E-state index is -2.57. The molecule has 1 N–H and O–H groups in total. The smallest absolute Gasteiger partial charge is 0.423 e. The van der Waals surface area contributed by atoms with Gasteiger partial charge in [0, 0.05) is 49.4 Å². The SMILES string of the molecule is COCOc1ccc(C2(C)COc3cc(OCOC)ccc3C2CCCCCCCCCN(NC(=O)OC(C)(C)C)S(=O)[O-])cc1. The Morgan fingerprint density at radius 2 is 1.54 bits per heavy atom. The van der Waals surface area contributed by atoms with Crippen LogP contribution in [-0.4, -0.2) is 65.8 Å². The molecule has 0 saturated carbocycles. The molecule has 0 radical (unpaired) electrons. The Hall–Kier alpha value is -2.90. The molecule has 46 heavy (non-hydrogen) atoms. The van der Waals surface area contributed by atoms with Crippen LogP contribution in [0, 0.1) is 0 Å². The van der Waals surface area contributed by atoms with Crippen LogP contribution in [-0.2, 0) is 30.9 Å². The fourth-order valence-corrected chi connectivity index (χ4v) is 6.12. The van der Waals surface area contributed by atoms with Crippen molar-refractivity contribution < 1.29 is 42.0 Å². The second kappa shape index (κ2) is 18.4. The van der Waals surface area contributed by atoms with E-state index in [2.05, 4.69) is 30.5 Å². The van der Waals surface area contributed by atoms with E-state index >= 15 is 0 Å². The van der Waals surface area contributed by atoms with Gasteiger partial charge in [-0.05, 0) is 62.9 Å². The molecular weight excluding hydrogens is 612 g/mol. The van der Waals surface area contributed by atoms with Crippen molar-refractivity contribution in [2.75, 3.05) is 41.0 Å². The molecule has 2 aromatic rings. The summed E-state index contributed by atoms with van der Waals surface area (Å²) >= 11 is -2.57. The Labute approximate surface area is 276 Å². The molecule has 1 amide bonds. The van der Waals surface area contributed by atoms with Crippen molar-refractivity contribution in [1.82, 2.24) is 9.84 Å². The van der Waals surface area contributed by atoms with Crippen LogP contribution in [0.25, 0.3) is 0 Å². The average molecular weight is 664 g/mol. The number of carbonyl (C=O) groups is 1. The quantitative estimate of drug-likeness (QED) is 0.0752. The fourth-order valence-electron chi connectivity index (χ4n) is 5.69. The van der Waals surface area contributed by atoms with Gasteiger partial charge in [0.2, 0.25) is 0 Å². The molecule has 3 rings (SSSR count). The van der Waals surface area contributed by atoms with Crippen LogP contribution in [0.3, 0.4) is 0 Å². The third-order valence-electron chi connectivity index (χ3n) is 8.01. The van der Waals surface area contributed by atoms with E-state index in [0.717, 1.165) is 60.9 Å². The highest BCUT2D eigenvalue weighted by molar-refractivity contribution is 7.76. The van der Waals surface area contributed by atoms with Crippen LogP contribution in [0.1, 0.15) is 96.1 Å². The Bertz CT molecular complexity index is 1240. The number of rotatable bonds is 19. The maximum atomic E-state index is 11.9. The first-order valence-electron chi connectivity index (χ1n) is 15.9. The molecule has 258 valence electrons. The van der Waals surface area contributed by atoms with Crippen molar-refractivity contribution in [3.05, 3.63) is 53.6 Å². The molecule has 2 aromatic carbocycles. The van der Waals surface area contributed by atoms with E-state index in [9.17, 15) is 13.6 Å². The Kier molecular flexibility index (Phi) is 15.1. The Morgan fingerprint density at radius 3 is 2.15 bits per heavy atom. The second-order valence-electron chi connectivity index (χ2n) is 12.8. The summed E-state index contributed by atoms with van der Waals surface area (Å²) < 4.78 is 56.8. The number of fused-ring (bicyclic) bond motifs is 1. The van der Waals surface area contributed by atoms with Gasteiger partial charge in [-0.1, -0.05) is 63.6 Å². The number of nitrogens with zero attached hydrogens (tertiary/aromatic N) is 1. The van der Waals surface area contributed by atoms with Gasteiger partial charge in [-0.3, -0.25) is 4.21 Å². The Balaban J connectivity index is 1.53. The lowest BCUT2D eigenvalue weighted by molar-refractivity contribution is 0.0423. The first kappa shape index (κ1) is 37.6. The van der Waals surface area contributed by atoms with Crippen LogP contribution in [0.5, 0.6) is 17.2 Å². The molecular formula is C34H51N2O9S-. The molecule has 1 aliphatic rings. The summed E-state index contributed by atoms with van der Waals surface area (Å²) in [6.07, 6.45) is 7.05. The van der Waals surface area contributed by atoms with E-state index in [0.29, 0.717) is 18.8 Å². The highest BCUT2D eigenvalue weighted by Crippen LogP contribution is 2.50. The fraction of sp³-hybridized carbons (Fsp3) is 0.618. The molecule has 1 heterocycles. The van der Waals surface area contributed by atoms with Gasteiger partial charge in [-0.2, -0.15) is 0 Å². The van der Waals surface area contributed by atoms with Crippen molar-refractivity contribution >= 4 is 17.4 Å². The summed E-state index contributed by atoms with van der Waals surface area (Å²) in [4.78, 5) is 11.9. The Morgan fingerprint density at radius 1 is 0.957 bits per heavy atom. The van der Waals surface area contributed by atoms with Gasteiger partial charge < -0.3 is 33.0 Å². The molecule has 3 unspecified atom stereocenters. The molecule has 0 fully saturated rings. The zero-order valence-corrected chi connectivity index (χ0v) is 29.0. The van der Waals surface area contributed by atoms with E-state index in [1.54, 1.807) is 35.0 Å². The van der Waals surface area contributed by atoms with Crippen molar-refractivity contribution in [2.45, 2.75) is 96.0 Å². The lowest BCUT2D eigenvalue weighted by Gasteiger charge is -2.43. The molecule has 11 nitrogen and oxygen atoms in total. The van der Waals surface area contributed by atoms with E-state index in [-0.39, 0.29) is 31.5 Å². The van der Waals surface area contributed by atoms with E-state index in [1.807, 2.05) is 24.3 Å². The minimum absolute atomic E-state index is 0.177. The minimum Gasteiger partial charge on any atom is -0.758 e. The summed E-state index contributed by atoms with van der Waals surface area (Å²) in [5, 5.41) is 0. The summed E-state index contributed by atoms with van der Waals surface area (Å²) in [6.45, 7) is 8.57. The monoisotopic (exact) mass is 663 g/mol. The highest BCUT2D eigenvalue weighted by Gasteiger charge is 2.42. The van der Waals surface area contributed by atoms with Crippen molar-refractivity contribution in [1.29, 1.82) is 0 Å². The maximum absolute atomic E-state index is 11.9. The third kappa shape index (κ3) is 11.7. The van der Waals surface area contributed by atoms with E-state index < -0.39 is 23.0 Å². The van der Waals surface area contributed by atoms with Crippen LogP contribution < -0.4 is 19.6 Å². The first-order chi connectivity index (χ1) is 22.0. The normalized spacial score (nSPS) is 18.4. The first-order valence-corrected chi connectivity index (χ1v) is 17.0. The van der Waals surface area contributed by atoms with Gasteiger partial charge in [-0.25, -0.2) is 10.2 Å². The van der Waals surface area contributed by atoms with Gasteiger partial charge >= 0.3 is 6.09 Å². The number of amides is 1. The highest BCUT2D eigenvalue weighted by atomic mass is 32.2. The van der Waals surface area contributed by atoms with Gasteiger partial charge in [0.05, 0.1) is 6.61 Å². The maximum Gasteiger partial charge on any atom is 0.423 e. The second-order valence-corrected chi connectivity index (χ2v) is 13.7. The van der Waals surface area contributed by atoms with Crippen LogP contribution in [0.4, 0.5) is 4.79 Å². The van der Waals surface area contributed by atoms with E-state index in [4.69, 9.17) is 28.4 Å². The summed E-state index contributed by atoms with van der Waals surface area (Å²) in [6, 6.07) is 14.3. The van der Waals surface area contributed by atoms with Crippen molar-refractivity contribution in [3.8, 4) is 17.2 Å². The molecule has 1 aliphatic heterocycles. The summed E-state index contributed by atoms with van der Waals surface area (Å²) in [7, 11) is 3.20. The summed E-state index contributed by atoms with van der Waals surface area (Å²) in [5.74, 6) is 2.57. The van der Waals surface area contributed by atoms with Crippen LogP contribution >= 0.6 is 0 Å². The molecule has 0 aromatic heterocycles. The van der Waals surface area contributed by atoms with Gasteiger partial charge in [-0.15, -0.1) is 4.41 Å². The molecule has 12 heteroatoms. The number of unbranched alkanes of at least 4 members (excludes halogenated alkanes) is 6. The van der Waals surface area contributed by atoms with E-state index in [1.165, 1.54) is 11.1 Å². The van der Waals surface area contributed by atoms with Gasteiger partial charge in [0.25, 0.3) is 0 Å². The zero-order chi connectivity index (χ0) is 33.6. The lowest BCUT2D eigenvalue weighted by Crippen LogP contribution is -2.46. The number of carbonyl (C=O) groups excluding carboxylic acids is 1. The van der Waals surface area contributed by atoms with Crippen LogP contribution in [0.15, 0.2) is 42.5 Å². The number of benzene rings is 2. The standard InChI is InChI=1S/C34H52N2O9S/c1-33(2,3)45-32(37)35-36(46(38)39)21-13-11-9-7-8-10-12-14-30-29-20-19-28(44-25-41-6)22-31(29)42-23-34(30,4)26-15-17-27(18-16-26)43-24-40-5/h15-20,22,30H,7-14,21,23-25H2,1-6H3,(H,35,37)(H,38,39)/p-1. The predicted molar refractivity (Wildman–Crippen MR) is 175 cm³/mol. The van der Waals surface area contributed by atoms with Crippen molar-refractivity contribution in [3.63, 3.8) is 0 Å². The van der Waals surface area contributed by atoms with Gasteiger partial charge in [0.15, 0.2) is 13.6 Å². The molecule has 0 bridgehead atoms. The number of hydrogen-bond acceptors (Lipinski definition) is 9. The zero-order valence-electron chi connectivity index (χ0n) is 28.1.